The highest BCUT2D eigenvalue weighted by Gasteiger charge is 2.12. The highest BCUT2D eigenvalue weighted by Crippen LogP contribution is 2.31. The van der Waals surface area contributed by atoms with Gasteiger partial charge in [0, 0.05) is 18.5 Å². The summed E-state index contributed by atoms with van der Waals surface area (Å²) in [6, 6.07) is 4.19. The molecule has 2 heterocycles. The maximum Gasteiger partial charge on any atom is 0.134 e. The lowest BCUT2D eigenvalue weighted by molar-refractivity contribution is 0.181. The lowest BCUT2D eigenvalue weighted by Gasteiger charge is -2.03. The summed E-state index contributed by atoms with van der Waals surface area (Å²) < 4.78 is 5.25. The molecule has 1 N–H and O–H groups in total. The van der Waals surface area contributed by atoms with E-state index in [0.717, 1.165) is 23.8 Å². The van der Waals surface area contributed by atoms with Gasteiger partial charge in [-0.15, -0.1) is 22.7 Å². The summed E-state index contributed by atoms with van der Waals surface area (Å²) in [5, 5.41) is 6.67. The Morgan fingerprint density at radius 1 is 1.42 bits per heavy atom. The lowest BCUT2D eigenvalue weighted by Crippen LogP contribution is -2.14. The molecule has 0 saturated carbocycles. The first-order valence-corrected chi connectivity index (χ1v) is 8.27. The summed E-state index contributed by atoms with van der Waals surface area (Å²) >= 11 is 3.51. The molecule has 0 bridgehead atoms. The normalized spacial score (nSPS) is 11.1. The first-order chi connectivity index (χ1) is 9.35. The van der Waals surface area contributed by atoms with Gasteiger partial charge in [-0.25, -0.2) is 4.98 Å². The molecule has 0 aliphatic rings. The van der Waals surface area contributed by atoms with Crippen molar-refractivity contribution in [3.8, 4) is 9.88 Å². The van der Waals surface area contributed by atoms with Crippen molar-refractivity contribution in [1.82, 2.24) is 10.3 Å². The number of thiazole rings is 1. The minimum absolute atomic E-state index is 0.590. The van der Waals surface area contributed by atoms with E-state index in [-0.39, 0.29) is 0 Å². The first-order valence-electron chi connectivity index (χ1n) is 6.57. The van der Waals surface area contributed by atoms with Crippen molar-refractivity contribution in [2.24, 2.45) is 0 Å². The molecule has 0 atom stereocenters. The van der Waals surface area contributed by atoms with E-state index < -0.39 is 0 Å². The number of nitrogens with one attached hydrogen (secondary N) is 1. The van der Waals surface area contributed by atoms with Gasteiger partial charge in [0.25, 0.3) is 0 Å². The van der Waals surface area contributed by atoms with Gasteiger partial charge in [-0.3, -0.25) is 0 Å². The van der Waals surface area contributed by atoms with E-state index in [2.05, 4.69) is 29.8 Å². The van der Waals surface area contributed by atoms with Gasteiger partial charge in [-0.2, -0.15) is 0 Å². The molecule has 0 aliphatic heterocycles. The predicted octanol–water partition coefficient (Wildman–Crippen LogP) is 3.91. The summed E-state index contributed by atoms with van der Waals surface area (Å²) in [4.78, 5) is 7.24. The third-order valence-corrected chi connectivity index (χ3v) is 4.92. The van der Waals surface area contributed by atoms with Crippen molar-refractivity contribution in [3.63, 3.8) is 0 Å². The standard InChI is InChI=1S/C14H20N2OS2/c1-3-4-7-15-9-13-11(10-17-2)16-14(19-13)12-6-5-8-18-12/h5-6,8,15H,3-4,7,9-10H2,1-2H3. The zero-order valence-electron chi connectivity index (χ0n) is 11.4. The fraction of sp³-hybridized carbons (Fsp3) is 0.500. The van der Waals surface area contributed by atoms with Crippen LogP contribution in [0.15, 0.2) is 17.5 Å². The number of ether oxygens (including phenoxy) is 1. The fourth-order valence-corrected chi connectivity index (χ4v) is 3.61. The Morgan fingerprint density at radius 2 is 2.32 bits per heavy atom. The Hall–Kier alpha value is -0.750. The number of unbranched alkanes of at least 4 members (excludes halogenated alkanes) is 1. The summed E-state index contributed by atoms with van der Waals surface area (Å²) in [6.07, 6.45) is 2.44. The molecule has 2 aromatic rings. The number of nitrogens with zero attached hydrogens (tertiary/aromatic N) is 1. The van der Waals surface area contributed by atoms with Crippen LogP contribution < -0.4 is 5.32 Å². The van der Waals surface area contributed by atoms with Crippen LogP contribution in [-0.4, -0.2) is 18.6 Å². The van der Waals surface area contributed by atoms with Crippen LogP contribution in [0.4, 0.5) is 0 Å². The smallest absolute Gasteiger partial charge is 0.134 e. The van der Waals surface area contributed by atoms with Gasteiger partial charge in [-0.05, 0) is 24.4 Å². The van der Waals surface area contributed by atoms with Crippen molar-refractivity contribution in [3.05, 3.63) is 28.1 Å². The average molecular weight is 296 g/mol. The minimum Gasteiger partial charge on any atom is -0.378 e. The Kier molecular flexibility index (Phi) is 5.97. The van der Waals surface area contributed by atoms with Crippen LogP contribution in [0.3, 0.4) is 0 Å². The maximum atomic E-state index is 5.25. The Labute approximate surface area is 122 Å². The molecule has 0 amide bonds. The molecule has 2 aromatic heterocycles. The molecule has 5 heteroatoms. The van der Waals surface area contributed by atoms with Crippen LogP contribution in [0.2, 0.25) is 0 Å². The van der Waals surface area contributed by atoms with Crippen molar-refractivity contribution in [2.45, 2.75) is 32.9 Å². The van der Waals surface area contributed by atoms with Crippen LogP contribution in [-0.2, 0) is 17.9 Å². The molecule has 0 unspecified atom stereocenters. The maximum absolute atomic E-state index is 5.25. The van der Waals surface area contributed by atoms with E-state index in [1.165, 1.54) is 22.6 Å². The second-order valence-corrected chi connectivity index (χ2v) is 6.36. The molecule has 0 radical (unpaired) electrons. The van der Waals surface area contributed by atoms with Crippen molar-refractivity contribution >= 4 is 22.7 Å². The monoisotopic (exact) mass is 296 g/mol. The van der Waals surface area contributed by atoms with Gasteiger partial charge in [0.05, 0.1) is 17.2 Å². The molecule has 0 saturated heterocycles. The van der Waals surface area contributed by atoms with Crippen LogP contribution in [0.5, 0.6) is 0 Å². The van der Waals surface area contributed by atoms with Gasteiger partial charge in [0.15, 0.2) is 0 Å². The van der Waals surface area contributed by atoms with Crippen LogP contribution in [0, 0.1) is 0 Å². The third kappa shape index (κ3) is 4.11. The van der Waals surface area contributed by atoms with Gasteiger partial charge in [0.2, 0.25) is 0 Å². The second kappa shape index (κ2) is 7.75. The van der Waals surface area contributed by atoms with Crippen LogP contribution >= 0.6 is 22.7 Å². The van der Waals surface area contributed by atoms with Gasteiger partial charge < -0.3 is 10.1 Å². The number of aromatic nitrogens is 1. The molecule has 19 heavy (non-hydrogen) atoms. The number of hydrogen-bond donors (Lipinski definition) is 1. The molecule has 0 fully saturated rings. The van der Waals surface area contributed by atoms with E-state index in [1.807, 2.05) is 0 Å². The zero-order valence-corrected chi connectivity index (χ0v) is 13.1. The van der Waals surface area contributed by atoms with E-state index in [9.17, 15) is 0 Å². The van der Waals surface area contributed by atoms with Crippen LogP contribution in [0.25, 0.3) is 9.88 Å². The molecular weight excluding hydrogens is 276 g/mol. The van der Waals surface area contributed by atoms with E-state index >= 15 is 0 Å². The fourth-order valence-electron chi connectivity index (χ4n) is 1.78. The third-order valence-electron chi connectivity index (χ3n) is 2.78. The average Bonchev–Trinajstić information content (AvgIpc) is 3.04. The Bertz CT molecular complexity index is 480. The van der Waals surface area contributed by atoms with E-state index in [1.54, 1.807) is 29.8 Å². The minimum atomic E-state index is 0.590. The number of rotatable bonds is 8. The molecule has 3 nitrogen and oxygen atoms in total. The van der Waals surface area contributed by atoms with Crippen molar-refractivity contribution in [1.29, 1.82) is 0 Å². The summed E-state index contributed by atoms with van der Waals surface area (Å²) in [6.45, 7) is 4.75. The highest BCUT2D eigenvalue weighted by atomic mass is 32.1. The van der Waals surface area contributed by atoms with Crippen molar-refractivity contribution < 1.29 is 4.74 Å². The molecule has 0 aromatic carbocycles. The largest absolute Gasteiger partial charge is 0.378 e. The SMILES string of the molecule is CCCCNCc1sc(-c2cccs2)nc1COC. The number of hydrogen-bond acceptors (Lipinski definition) is 5. The van der Waals surface area contributed by atoms with Gasteiger partial charge in [-0.1, -0.05) is 19.4 Å². The number of methoxy groups -OCH3 is 1. The second-order valence-electron chi connectivity index (χ2n) is 4.33. The van der Waals surface area contributed by atoms with Gasteiger partial charge in [0.1, 0.15) is 5.01 Å². The predicted molar refractivity (Wildman–Crippen MR) is 82.8 cm³/mol. The first kappa shape index (κ1) is 14.7. The zero-order chi connectivity index (χ0) is 13.5. The Balaban J connectivity index is 2.07. The molecule has 2 rings (SSSR count). The Morgan fingerprint density at radius 3 is 3.00 bits per heavy atom. The summed E-state index contributed by atoms with van der Waals surface area (Å²) in [7, 11) is 1.72. The number of thiophene rings is 1. The molecule has 104 valence electrons. The molecule has 0 spiro atoms. The van der Waals surface area contributed by atoms with E-state index in [0.29, 0.717) is 6.61 Å². The topological polar surface area (TPSA) is 34.2 Å². The molecular formula is C14H20N2OS2. The van der Waals surface area contributed by atoms with Crippen molar-refractivity contribution in [2.75, 3.05) is 13.7 Å². The molecule has 0 aliphatic carbocycles. The quantitative estimate of drug-likeness (QED) is 0.750. The lowest BCUT2D eigenvalue weighted by atomic mass is 10.3. The summed E-state index contributed by atoms with van der Waals surface area (Å²) in [5.41, 5.74) is 1.07. The van der Waals surface area contributed by atoms with Crippen LogP contribution in [0.1, 0.15) is 30.3 Å². The summed E-state index contributed by atoms with van der Waals surface area (Å²) in [5.74, 6) is 0. The van der Waals surface area contributed by atoms with Gasteiger partial charge >= 0.3 is 0 Å². The van der Waals surface area contributed by atoms with E-state index in [4.69, 9.17) is 9.72 Å². The highest BCUT2D eigenvalue weighted by molar-refractivity contribution is 7.21.